The van der Waals surface area contributed by atoms with Crippen LogP contribution < -0.4 is 14.8 Å². The largest absolute Gasteiger partial charge is 0.454 e. The lowest BCUT2D eigenvalue weighted by molar-refractivity contribution is 0.0938. The highest BCUT2D eigenvalue weighted by molar-refractivity contribution is 5.95. The van der Waals surface area contributed by atoms with Crippen LogP contribution in [-0.2, 0) is 12.8 Å². The van der Waals surface area contributed by atoms with Gasteiger partial charge in [-0.15, -0.1) is 0 Å². The maximum atomic E-state index is 12.3. The fourth-order valence-electron chi connectivity index (χ4n) is 2.97. The predicted molar refractivity (Wildman–Crippen MR) is 77.7 cm³/mol. The minimum Gasteiger partial charge on any atom is -0.454 e. The third-order valence-electron chi connectivity index (χ3n) is 4.02. The Hall–Kier alpha value is -2.49. The minimum atomic E-state index is -0.0638. The van der Waals surface area contributed by atoms with E-state index in [1.165, 1.54) is 11.1 Å². The maximum absolute atomic E-state index is 12.3. The smallest absolute Gasteiger partial charge is 0.251 e. The highest BCUT2D eigenvalue weighted by Gasteiger charge is 2.23. The van der Waals surface area contributed by atoms with Crippen molar-refractivity contribution < 1.29 is 14.3 Å². The van der Waals surface area contributed by atoms with Gasteiger partial charge in [0.15, 0.2) is 11.5 Å². The van der Waals surface area contributed by atoms with Gasteiger partial charge >= 0.3 is 0 Å². The van der Waals surface area contributed by atoms with Crippen LogP contribution in [0.1, 0.15) is 21.5 Å². The Labute approximate surface area is 122 Å². The lowest BCUT2D eigenvalue weighted by atomic mass is 10.1. The van der Waals surface area contributed by atoms with Gasteiger partial charge in [-0.2, -0.15) is 0 Å². The molecule has 106 valence electrons. The minimum absolute atomic E-state index is 0.0638. The van der Waals surface area contributed by atoms with Crippen molar-refractivity contribution in [1.82, 2.24) is 5.32 Å². The molecule has 4 nitrogen and oxygen atoms in total. The molecule has 2 aliphatic rings. The zero-order valence-corrected chi connectivity index (χ0v) is 11.5. The van der Waals surface area contributed by atoms with Crippen LogP contribution in [0.2, 0.25) is 0 Å². The second kappa shape index (κ2) is 4.81. The van der Waals surface area contributed by atoms with Crippen LogP contribution in [0, 0.1) is 0 Å². The van der Waals surface area contributed by atoms with Crippen molar-refractivity contribution in [3.8, 4) is 11.5 Å². The van der Waals surface area contributed by atoms with E-state index in [2.05, 4.69) is 17.4 Å². The molecule has 0 aromatic heterocycles. The van der Waals surface area contributed by atoms with Gasteiger partial charge < -0.3 is 14.8 Å². The Morgan fingerprint density at radius 2 is 1.71 bits per heavy atom. The Morgan fingerprint density at radius 3 is 2.48 bits per heavy atom. The zero-order valence-electron chi connectivity index (χ0n) is 11.5. The fourth-order valence-corrected chi connectivity index (χ4v) is 2.97. The van der Waals surface area contributed by atoms with Crippen LogP contribution in [0.5, 0.6) is 11.5 Å². The van der Waals surface area contributed by atoms with E-state index >= 15 is 0 Å². The Morgan fingerprint density at radius 1 is 1.00 bits per heavy atom. The van der Waals surface area contributed by atoms with Gasteiger partial charge in [-0.25, -0.2) is 0 Å². The summed E-state index contributed by atoms with van der Waals surface area (Å²) in [7, 11) is 0. The molecule has 0 saturated carbocycles. The average molecular weight is 281 g/mol. The number of amides is 1. The molecule has 4 rings (SSSR count). The van der Waals surface area contributed by atoms with Crippen molar-refractivity contribution in [3.63, 3.8) is 0 Å². The summed E-state index contributed by atoms with van der Waals surface area (Å²) < 4.78 is 10.6. The van der Waals surface area contributed by atoms with Crippen LogP contribution >= 0.6 is 0 Å². The molecule has 1 N–H and O–H groups in total. The third-order valence-corrected chi connectivity index (χ3v) is 4.02. The lowest BCUT2D eigenvalue weighted by Gasteiger charge is -2.12. The quantitative estimate of drug-likeness (QED) is 0.919. The van der Waals surface area contributed by atoms with Gasteiger partial charge in [-0.1, -0.05) is 24.3 Å². The number of rotatable bonds is 2. The zero-order chi connectivity index (χ0) is 14.2. The van der Waals surface area contributed by atoms with Crippen molar-refractivity contribution in [1.29, 1.82) is 0 Å². The Bertz CT molecular complexity index is 686. The SMILES string of the molecule is O=C(NC1Cc2ccccc2C1)c1ccc2c(c1)OCO2. The highest BCUT2D eigenvalue weighted by Crippen LogP contribution is 2.32. The lowest BCUT2D eigenvalue weighted by Crippen LogP contribution is -2.35. The molecule has 1 aliphatic heterocycles. The first-order valence-electron chi connectivity index (χ1n) is 7.07. The summed E-state index contributed by atoms with van der Waals surface area (Å²) in [6.07, 6.45) is 1.79. The van der Waals surface area contributed by atoms with E-state index in [9.17, 15) is 4.79 Å². The molecule has 1 heterocycles. The van der Waals surface area contributed by atoms with E-state index in [-0.39, 0.29) is 18.7 Å². The van der Waals surface area contributed by atoms with Crippen molar-refractivity contribution >= 4 is 5.91 Å². The summed E-state index contributed by atoms with van der Waals surface area (Å²) in [6, 6.07) is 13.8. The van der Waals surface area contributed by atoms with Crippen LogP contribution in [0.4, 0.5) is 0 Å². The number of carbonyl (C=O) groups excluding carboxylic acids is 1. The summed E-state index contributed by atoms with van der Waals surface area (Å²) in [5.74, 6) is 1.27. The monoisotopic (exact) mass is 281 g/mol. The van der Waals surface area contributed by atoms with Crippen molar-refractivity contribution in [2.24, 2.45) is 0 Å². The van der Waals surface area contributed by atoms with Gasteiger partial charge in [0.05, 0.1) is 0 Å². The van der Waals surface area contributed by atoms with Gasteiger partial charge in [-0.3, -0.25) is 4.79 Å². The van der Waals surface area contributed by atoms with Gasteiger partial charge in [-0.05, 0) is 42.2 Å². The molecular weight excluding hydrogens is 266 g/mol. The van der Waals surface area contributed by atoms with Crippen molar-refractivity contribution in [2.75, 3.05) is 6.79 Å². The van der Waals surface area contributed by atoms with Crippen LogP contribution in [0.3, 0.4) is 0 Å². The van der Waals surface area contributed by atoms with Gasteiger partial charge in [0.2, 0.25) is 6.79 Å². The standard InChI is InChI=1S/C17H15NO3/c19-17(13-5-6-15-16(9-13)21-10-20-15)18-14-7-11-3-1-2-4-12(11)8-14/h1-6,9,14H,7-8,10H2,(H,18,19). The number of fused-ring (bicyclic) bond motifs is 2. The molecule has 0 radical (unpaired) electrons. The number of nitrogens with one attached hydrogen (secondary N) is 1. The number of carbonyl (C=O) groups is 1. The molecule has 0 saturated heterocycles. The summed E-state index contributed by atoms with van der Waals surface area (Å²) in [6.45, 7) is 0.221. The number of benzene rings is 2. The normalized spacial score (nSPS) is 15.8. The molecule has 0 bridgehead atoms. The first-order valence-corrected chi connectivity index (χ1v) is 7.07. The summed E-state index contributed by atoms with van der Waals surface area (Å²) >= 11 is 0. The average Bonchev–Trinajstić information content (AvgIpc) is 3.11. The molecule has 0 unspecified atom stereocenters. The number of hydrogen-bond donors (Lipinski definition) is 1. The molecular formula is C17H15NO3. The maximum Gasteiger partial charge on any atom is 0.251 e. The van der Waals surface area contributed by atoms with Crippen molar-refractivity contribution in [3.05, 3.63) is 59.2 Å². The van der Waals surface area contributed by atoms with Gasteiger partial charge in [0, 0.05) is 11.6 Å². The van der Waals surface area contributed by atoms with Crippen LogP contribution in [0.15, 0.2) is 42.5 Å². The van der Waals surface area contributed by atoms with E-state index < -0.39 is 0 Å². The first kappa shape index (κ1) is 12.3. The van der Waals surface area contributed by atoms with E-state index in [1.54, 1.807) is 18.2 Å². The van der Waals surface area contributed by atoms with E-state index in [0.29, 0.717) is 17.1 Å². The molecule has 1 amide bonds. The molecule has 2 aromatic carbocycles. The fraction of sp³-hybridized carbons (Fsp3) is 0.235. The topological polar surface area (TPSA) is 47.6 Å². The van der Waals surface area contributed by atoms with E-state index in [0.717, 1.165) is 12.8 Å². The van der Waals surface area contributed by atoms with Gasteiger partial charge in [0.25, 0.3) is 5.91 Å². The van der Waals surface area contributed by atoms with E-state index in [1.807, 2.05) is 12.1 Å². The second-order valence-corrected chi connectivity index (χ2v) is 5.42. The predicted octanol–water partition coefficient (Wildman–Crippen LogP) is 2.31. The number of ether oxygens (including phenoxy) is 2. The summed E-state index contributed by atoms with van der Waals surface area (Å²) in [4.78, 5) is 12.3. The molecule has 21 heavy (non-hydrogen) atoms. The Kier molecular flexibility index (Phi) is 2.81. The van der Waals surface area contributed by atoms with E-state index in [4.69, 9.17) is 9.47 Å². The summed E-state index contributed by atoms with van der Waals surface area (Å²) in [5.41, 5.74) is 3.26. The summed E-state index contributed by atoms with van der Waals surface area (Å²) in [5, 5.41) is 3.10. The number of hydrogen-bond acceptors (Lipinski definition) is 3. The molecule has 0 spiro atoms. The molecule has 0 atom stereocenters. The second-order valence-electron chi connectivity index (χ2n) is 5.42. The Balaban J connectivity index is 1.47. The van der Waals surface area contributed by atoms with Crippen molar-refractivity contribution in [2.45, 2.75) is 18.9 Å². The highest BCUT2D eigenvalue weighted by atomic mass is 16.7. The van der Waals surface area contributed by atoms with Crippen LogP contribution in [0.25, 0.3) is 0 Å². The first-order chi connectivity index (χ1) is 10.3. The molecule has 0 fully saturated rings. The van der Waals surface area contributed by atoms with Crippen LogP contribution in [-0.4, -0.2) is 18.7 Å². The molecule has 2 aromatic rings. The molecule has 1 aliphatic carbocycles. The molecule has 4 heteroatoms. The third kappa shape index (κ3) is 2.23. The van der Waals surface area contributed by atoms with Gasteiger partial charge in [0.1, 0.15) is 0 Å².